The number of imidazole rings is 1. The summed E-state index contributed by atoms with van der Waals surface area (Å²) in [5.41, 5.74) is 1.73. The molecule has 4 rings (SSSR count). The van der Waals surface area contributed by atoms with Crippen molar-refractivity contribution in [3.63, 3.8) is 0 Å². The molecular weight excluding hydrogens is 436 g/mol. The van der Waals surface area contributed by atoms with Crippen molar-refractivity contribution in [2.45, 2.75) is 25.8 Å². The Kier molecular flexibility index (Phi) is 7.27. The van der Waals surface area contributed by atoms with Crippen LogP contribution in [0.3, 0.4) is 0 Å². The van der Waals surface area contributed by atoms with Gasteiger partial charge in [0.1, 0.15) is 17.6 Å². The average Bonchev–Trinajstić information content (AvgIpc) is 3.28. The first-order valence-electron chi connectivity index (χ1n) is 11.3. The van der Waals surface area contributed by atoms with Gasteiger partial charge in [-0.1, -0.05) is 18.2 Å². The number of aromatic nitrogens is 4. The Labute approximate surface area is 197 Å². The number of benzene rings is 1. The van der Waals surface area contributed by atoms with Crippen LogP contribution in [0.1, 0.15) is 35.1 Å². The van der Waals surface area contributed by atoms with Crippen molar-refractivity contribution in [2.24, 2.45) is 7.05 Å². The molecule has 1 aliphatic rings. The van der Waals surface area contributed by atoms with Crippen molar-refractivity contribution in [1.82, 2.24) is 24.8 Å². The number of nitrogens with zero attached hydrogens (tertiary/aromatic N) is 4. The standard InChI is InChI=1S/C24H30N6O4/c1-16-17(23(32)28-24(26-16)30-12-14-34-15-13-30)8-9-20(31)27-21(22-25-10-11-29(22)2)18-6-4-5-7-19(18)33-3/h4-7,10-11,21H,8-9,12-15H2,1-3H3,(H,27,31)(H,26,28,32)/t21-/m1/s1. The smallest absolute Gasteiger partial charge is 0.255 e. The third-order valence-corrected chi connectivity index (χ3v) is 5.99. The number of anilines is 1. The Morgan fingerprint density at radius 1 is 1.29 bits per heavy atom. The number of nitrogens with one attached hydrogen (secondary N) is 2. The minimum Gasteiger partial charge on any atom is -0.496 e. The summed E-state index contributed by atoms with van der Waals surface area (Å²) in [6.07, 6.45) is 3.93. The number of aromatic amines is 1. The molecule has 1 aliphatic heterocycles. The van der Waals surface area contributed by atoms with Gasteiger partial charge in [-0.15, -0.1) is 0 Å². The van der Waals surface area contributed by atoms with Gasteiger partial charge in [0.15, 0.2) is 0 Å². The zero-order valence-electron chi connectivity index (χ0n) is 19.7. The molecule has 0 radical (unpaired) electrons. The highest BCUT2D eigenvalue weighted by Gasteiger charge is 2.24. The summed E-state index contributed by atoms with van der Waals surface area (Å²) >= 11 is 0. The Morgan fingerprint density at radius 3 is 2.74 bits per heavy atom. The molecule has 1 amide bonds. The number of hydrogen-bond donors (Lipinski definition) is 2. The number of H-pyrrole nitrogens is 1. The van der Waals surface area contributed by atoms with Gasteiger partial charge in [0, 0.05) is 55.8 Å². The summed E-state index contributed by atoms with van der Waals surface area (Å²) in [5, 5.41) is 3.07. The van der Waals surface area contributed by atoms with Gasteiger partial charge >= 0.3 is 0 Å². The van der Waals surface area contributed by atoms with Crippen LogP contribution in [-0.4, -0.2) is 58.8 Å². The maximum Gasteiger partial charge on any atom is 0.255 e. The zero-order chi connectivity index (χ0) is 24.1. The SMILES string of the molecule is COc1ccccc1[C@@H](NC(=O)CCc1c(C)nc(N2CCOCC2)[nH]c1=O)c1nccn1C. The van der Waals surface area contributed by atoms with Gasteiger partial charge < -0.3 is 24.3 Å². The number of aryl methyl sites for hydroxylation is 2. The van der Waals surface area contributed by atoms with E-state index in [-0.39, 0.29) is 24.3 Å². The monoisotopic (exact) mass is 466 g/mol. The summed E-state index contributed by atoms with van der Waals surface area (Å²) in [7, 11) is 3.47. The quantitative estimate of drug-likeness (QED) is 0.517. The van der Waals surface area contributed by atoms with Crippen molar-refractivity contribution in [3.05, 3.63) is 69.7 Å². The summed E-state index contributed by atoms with van der Waals surface area (Å²) in [4.78, 5) is 39.6. The van der Waals surface area contributed by atoms with E-state index in [9.17, 15) is 9.59 Å². The summed E-state index contributed by atoms with van der Waals surface area (Å²) in [5.74, 6) is 1.69. The number of rotatable bonds is 8. The average molecular weight is 467 g/mol. The van der Waals surface area contributed by atoms with Crippen LogP contribution in [-0.2, 0) is 23.0 Å². The molecule has 3 aromatic rings. The van der Waals surface area contributed by atoms with Crippen molar-refractivity contribution < 1.29 is 14.3 Å². The van der Waals surface area contributed by atoms with Crippen molar-refractivity contribution in [1.29, 1.82) is 0 Å². The van der Waals surface area contributed by atoms with Crippen molar-refractivity contribution in [3.8, 4) is 5.75 Å². The number of para-hydroxylation sites is 1. The molecule has 0 unspecified atom stereocenters. The molecule has 1 saturated heterocycles. The predicted molar refractivity (Wildman–Crippen MR) is 127 cm³/mol. The number of ether oxygens (including phenoxy) is 2. The van der Waals surface area contributed by atoms with Crippen molar-refractivity contribution in [2.75, 3.05) is 38.3 Å². The molecule has 180 valence electrons. The Morgan fingerprint density at radius 2 is 2.06 bits per heavy atom. The molecule has 2 aromatic heterocycles. The number of methoxy groups -OCH3 is 1. The molecule has 10 nitrogen and oxygen atoms in total. The highest BCUT2D eigenvalue weighted by atomic mass is 16.5. The lowest BCUT2D eigenvalue weighted by Crippen LogP contribution is -2.38. The topological polar surface area (TPSA) is 114 Å². The molecule has 1 atom stereocenters. The van der Waals surface area contributed by atoms with Gasteiger partial charge in [-0.05, 0) is 19.4 Å². The van der Waals surface area contributed by atoms with Crippen LogP contribution in [0.2, 0.25) is 0 Å². The Hall–Kier alpha value is -3.66. The van der Waals surface area contributed by atoms with E-state index in [0.717, 1.165) is 5.56 Å². The van der Waals surface area contributed by atoms with Gasteiger partial charge in [-0.25, -0.2) is 9.97 Å². The molecule has 0 spiro atoms. The molecule has 34 heavy (non-hydrogen) atoms. The molecule has 1 aromatic carbocycles. The number of amides is 1. The van der Waals surface area contributed by atoms with E-state index < -0.39 is 6.04 Å². The number of carbonyl (C=O) groups is 1. The fourth-order valence-electron chi connectivity index (χ4n) is 4.13. The van der Waals surface area contributed by atoms with Gasteiger partial charge in [-0.2, -0.15) is 0 Å². The summed E-state index contributed by atoms with van der Waals surface area (Å²) in [6.45, 7) is 4.38. The van der Waals surface area contributed by atoms with Crippen LogP contribution in [0.15, 0.2) is 41.5 Å². The largest absolute Gasteiger partial charge is 0.496 e. The fraction of sp³-hybridized carbons (Fsp3) is 0.417. The molecule has 1 fully saturated rings. The van der Waals surface area contributed by atoms with E-state index in [4.69, 9.17) is 9.47 Å². The zero-order valence-corrected chi connectivity index (χ0v) is 19.7. The second kappa shape index (κ2) is 10.5. The van der Waals surface area contributed by atoms with E-state index in [2.05, 4.69) is 20.3 Å². The van der Waals surface area contributed by atoms with E-state index in [1.165, 1.54) is 0 Å². The summed E-state index contributed by atoms with van der Waals surface area (Å²) < 4.78 is 12.7. The third kappa shape index (κ3) is 5.12. The highest BCUT2D eigenvalue weighted by molar-refractivity contribution is 5.77. The van der Waals surface area contributed by atoms with Gasteiger partial charge in [0.25, 0.3) is 5.56 Å². The summed E-state index contributed by atoms with van der Waals surface area (Å²) in [6, 6.07) is 7.03. The first kappa shape index (κ1) is 23.5. The van der Waals surface area contributed by atoms with Gasteiger partial charge in [-0.3, -0.25) is 14.6 Å². The predicted octanol–water partition coefficient (Wildman–Crippen LogP) is 1.50. The maximum atomic E-state index is 13.0. The fourth-order valence-corrected chi connectivity index (χ4v) is 4.13. The van der Waals surface area contributed by atoms with Crippen LogP contribution in [0.4, 0.5) is 5.95 Å². The minimum absolute atomic E-state index is 0.137. The van der Waals surface area contributed by atoms with Crippen molar-refractivity contribution >= 4 is 11.9 Å². The van der Waals surface area contributed by atoms with E-state index in [0.29, 0.717) is 55.1 Å². The van der Waals surface area contributed by atoms with E-state index in [1.807, 2.05) is 47.0 Å². The molecule has 0 saturated carbocycles. The van der Waals surface area contributed by atoms with Crippen LogP contribution >= 0.6 is 0 Å². The van der Waals surface area contributed by atoms with Crippen LogP contribution in [0.25, 0.3) is 0 Å². The maximum absolute atomic E-state index is 13.0. The second-order valence-corrected chi connectivity index (χ2v) is 8.19. The molecule has 10 heteroatoms. The molecule has 0 aliphatic carbocycles. The number of hydrogen-bond acceptors (Lipinski definition) is 7. The number of carbonyl (C=O) groups excluding carboxylic acids is 1. The lowest BCUT2D eigenvalue weighted by atomic mass is 10.0. The van der Waals surface area contributed by atoms with E-state index >= 15 is 0 Å². The lowest BCUT2D eigenvalue weighted by Gasteiger charge is -2.27. The molecule has 0 bridgehead atoms. The molecule has 2 N–H and O–H groups in total. The third-order valence-electron chi connectivity index (χ3n) is 5.99. The van der Waals surface area contributed by atoms with Crippen LogP contribution < -0.4 is 20.5 Å². The molecule has 3 heterocycles. The van der Waals surface area contributed by atoms with Gasteiger partial charge in [0.05, 0.1) is 20.3 Å². The minimum atomic E-state index is -0.496. The van der Waals surface area contributed by atoms with Crippen LogP contribution in [0.5, 0.6) is 5.75 Å². The van der Waals surface area contributed by atoms with Crippen LogP contribution in [0, 0.1) is 6.92 Å². The van der Waals surface area contributed by atoms with Gasteiger partial charge in [0.2, 0.25) is 11.9 Å². The van der Waals surface area contributed by atoms with E-state index in [1.54, 1.807) is 20.2 Å². The highest BCUT2D eigenvalue weighted by Crippen LogP contribution is 2.29. The molecular formula is C24H30N6O4. The lowest BCUT2D eigenvalue weighted by molar-refractivity contribution is -0.121. The normalized spacial score (nSPS) is 14.6. The Bertz CT molecular complexity index is 1200. The Balaban J connectivity index is 1.49. The first-order chi connectivity index (χ1) is 16.5. The second-order valence-electron chi connectivity index (χ2n) is 8.19. The number of morpholine rings is 1. The first-order valence-corrected chi connectivity index (χ1v) is 11.3.